The van der Waals surface area contributed by atoms with Crippen LogP contribution in [0.3, 0.4) is 0 Å². The summed E-state index contributed by atoms with van der Waals surface area (Å²) in [5.41, 5.74) is 2.26. The smallest absolute Gasteiger partial charge is 0.383 e. The number of rotatable bonds is 20. The van der Waals surface area contributed by atoms with Crippen LogP contribution >= 0.6 is 0 Å². The van der Waals surface area contributed by atoms with Crippen LogP contribution in [-0.2, 0) is 48.3 Å². The SMILES string of the molecule is CC(C)C(COCc1ccccc1)NC(=O)C(F)(F)C(=O)C(Cc1ccc(OCc2ccccc2)cc1)NC(=O)C(NC(=O)CN1CCOCC1)C(C)C. The van der Waals surface area contributed by atoms with Crippen molar-refractivity contribution in [3.63, 3.8) is 0 Å². The minimum absolute atomic E-state index is 0.0191. The fourth-order valence-corrected chi connectivity index (χ4v) is 5.75. The van der Waals surface area contributed by atoms with E-state index in [1.807, 2.05) is 65.6 Å². The number of morpholine rings is 1. The Hall–Kier alpha value is -4.72. The summed E-state index contributed by atoms with van der Waals surface area (Å²) in [6.07, 6.45) is -0.354. The summed E-state index contributed by atoms with van der Waals surface area (Å²) in [7, 11) is 0. The fourth-order valence-electron chi connectivity index (χ4n) is 5.75. The first-order chi connectivity index (χ1) is 25.8. The number of ether oxygens (including phenoxy) is 3. The largest absolute Gasteiger partial charge is 0.489 e. The molecule has 0 spiro atoms. The normalized spacial score (nSPS) is 15.3. The Morgan fingerprint density at radius 1 is 0.759 bits per heavy atom. The lowest BCUT2D eigenvalue weighted by Gasteiger charge is -2.29. The van der Waals surface area contributed by atoms with Gasteiger partial charge in [-0.05, 0) is 40.7 Å². The zero-order valence-electron chi connectivity index (χ0n) is 31.4. The number of alkyl halides is 2. The standard InChI is InChI=1S/C41H52F2N4O7/c1-28(2)35(27-53-25-31-11-7-5-8-12-31)45-40(51)41(42,43)38(49)34(23-30-15-17-33(18-16-30)54-26-32-13-9-6-10-14-32)44-39(50)37(29(3)4)46-36(48)24-47-19-21-52-22-20-47/h5-18,28-29,34-35,37H,19-27H2,1-4H3,(H,44,50)(H,45,51)(H,46,48). The summed E-state index contributed by atoms with van der Waals surface area (Å²) in [5, 5.41) is 7.45. The lowest BCUT2D eigenvalue weighted by molar-refractivity contribution is -0.161. The van der Waals surface area contributed by atoms with Crippen LogP contribution < -0.4 is 20.7 Å². The third kappa shape index (κ3) is 13.0. The summed E-state index contributed by atoms with van der Waals surface area (Å²) in [5.74, 6) is -9.60. The lowest BCUT2D eigenvalue weighted by atomic mass is 9.96. The highest BCUT2D eigenvalue weighted by molar-refractivity contribution is 6.10. The van der Waals surface area contributed by atoms with Gasteiger partial charge in [-0.25, -0.2) is 0 Å². The quantitative estimate of drug-likeness (QED) is 0.146. The van der Waals surface area contributed by atoms with E-state index in [2.05, 4.69) is 16.0 Å². The number of carbonyl (C=O) groups is 4. The van der Waals surface area contributed by atoms with Gasteiger partial charge < -0.3 is 30.2 Å². The molecule has 3 unspecified atom stereocenters. The Bertz CT molecular complexity index is 1640. The molecule has 4 rings (SSSR count). The Kier molecular flexibility index (Phi) is 16.1. The number of hydrogen-bond acceptors (Lipinski definition) is 8. The van der Waals surface area contributed by atoms with Crippen LogP contribution in [0.4, 0.5) is 8.78 Å². The van der Waals surface area contributed by atoms with Gasteiger partial charge in [0.1, 0.15) is 18.4 Å². The number of benzene rings is 3. The molecule has 3 amide bonds. The molecule has 0 aromatic heterocycles. The Balaban J connectivity index is 1.49. The molecule has 1 heterocycles. The Morgan fingerprint density at radius 3 is 1.93 bits per heavy atom. The van der Waals surface area contributed by atoms with Crippen LogP contribution in [0.2, 0.25) is 0 Å². The molecule has 1 aliphatic heterocycles. The molecule has 11 nitrogen and oxygen atoms in total. The van der Waals surface area contributed by atoms with Crippen LogP contribution in [0, 0.1) is 11.8 Å². The number of amides is 3. The number of hydrogen-bond donors (Lipinski definition) is 3. The van der Waals surface area contributed by atoms with E-state index >= 15 is 8.78 Å². The zero-order chi connectivity index (χ0) is 39.1. The Labute approximate surface area is 316 Å². The molecular weight excluding hydrogens is 698 g/mol. The molecule has 1 aliphatic rings. The molecule has 0 radical (unpaired) electrons. The highest BCUT2D eigenvalue weighted by atomic mass is 19.3. The number of halogens is 2. The third-order valence-electron chi connectivity index (χ3n) is 9.11. The Morgan fingerprint density at radius 2 is 1.35 bits per heavy atom. The summed E-state index contributed by atoms with van der Waals surface area (Å²) >= 11 is 0. The van der Waals surface area contributed by atoms with Gasteiger partial charge in [-0.1, -0.05) is 100 Å². The van der Waals surface area contributed by atoms with Crippen molar-refractivity contribution in [3.8, 4) is 5.75 Å². The minimum atomic E-state index is -4.52. The highest BCUT2D eigenvalue weighted by Crippen LogP contribution is 2.22. The summed E-state index contributed by atoms with van der Waals surface area (Å²) in [6.45, 7) is 9.39. The van der Waals surface area contributed by atoms with Gasteiger partial charge in [-0.2, -0.15) is 8.78 Å². The first-order valence-corrected chi connectivity index (χ1v) is 18.3. The van der Waals surface area contributed by atoms with E-state index in [4.69, 9.17) is 14.2 Å². The van der Waals surface area contributed by atoms with E-state index in [1.54, 1.807) is 52.0 Å². The number of Topliss-reactive ketones (excluding diaryl/α,β-unsaturated/α-hetero) is 1. The van der Waals surface area contributed by atoms with Gasteiger partial charge in [0.05, 0.1) is 45.1 Å². The molecule has 0 bridgehead atoms. The van der Waals surface area contributed by atoms with Crippen molar-refractivity contribution in [1.82, 2.24) is 20.9 Å². The van der Waals surface area contributed by atoms with E-state index in [1.165, 1.54) is 0 Å². The van der Waals surface area contributed by atoms with E-state index in [0.29, 0.717) is 44.2 Å². The fraction of sp³-hybridized carbons (Fsp3) is 0.463. The van der Waals surface area contributed by atoms with Crippen molar-refractivity contribution in [3.05, 3.63) is 102 Å². The van der Waals surface area contributed by atoms with Crippen LogP contribution in [0.25, 0.3) is 0 Å². The number of nitrogens with one attached hydrogen (secondary N) is 3. The maximum absolute atomic E-state index is 15.9. The van der Waals surface area contributed by atoms with Gasteiger partial charge in [0.25, 0.3) is 5.91 Å². The predicted molar refractivity (Wildman–Crippen MR) is 200 cm³/mol. The third-order valence-corrected chi connectivity index (χ3v) is 9.11. The average molecular weight is 751 g/mol. The molecule has 3 aromatic rings. The van der Waals surface area contributed by atoms with Crippen molar-refractivity contribution >= 4 is 23.5 Å². The van der Waals surface area contributed by atoms with Gasteiger partial charge in [-0.15, -0.1) is 0 Å². The molecule has 292 valence electrons. The van der Waals surface area contributed by atoms with Gasteiger partial charge in [0, 0.05) is 19.5 Å². The maximum Gasteiger partial charge on any atom is 0.383 e. The molecule has 0 saturated carbocycles. The van der Waals surface area contributed by atoms with E-state index in [0.717, 1.165) is 11.1 Å². The molecule has 3 N–H and O–H groups in total. The van der Waals surface area contributed by atoms with Crippen molar-refractivity contribution in [2.45, 2.75) is 71.4 Å². The second-order valence-electron chi connectivity index (χ2n) is 14.1. The molecular formula is C41H52F2N4O7. The van der Waals surface area contributed by atoms with Crippen LogP contribution in [-0.4, -0.2) is 91.9 Å². The second kappa shape index (κ2) is 20.7. The van der Waals surface area contributed by atoms with Gasteiger partial charge >= 0.3 is 5.92 Å². The topological polar surface area (TPSA) is 135 Å². The maximum atomic E-state index is 15.9. The molecule has 13 heteroatoms. The monoisotopic (exact) mass is 750 g/mol. The summed E-state index contributed by atoms with van der Waals surface area (Å²) in [4.78, 5) is 55.4. The molecule has 3 atom stereocenters. The summed E-state index contributed by atoms with van der Waals surface area (Å²) in [6, 6.07) is 21.5. The van der Waals surface area contributed by atoms with Crippen LogP contribution in [0.5, 0.6) is 5.75 Å². The molecule has 1 fully saturated rings. The molecule has 54 heavy (non-hydrogen) atoms. The van der Waals surface area contributed by atoms with Gasteiger partial charge in [-0.3, -0.25) is 24.1 Å². The summed E-state index contributed by atoms with van der Waals surface area (Å²) < 4.78 is 48.7. The molecule has 3 aromatic carbocycles. The second-order valence-corrected chi connectivity index (χ2v) is 14.1. The lowest BCUT2D eigenvalue weighted by Crippen LogP contribution is -2.60. The van der Waals surface area contributed by atoms with Crippen LogP contribution in [0.1, 0.15) is 44.4 Å². The minimum Gasteiger partial charge on any atom is -0.489 e. The number of nitrogens with zero attached hydrogens (tertiary/aromatic N) is 1. The van der Waals surface area contributed by atoms with Gasteiger partial charge in [0.2, 0.25) is 17.6 Å². The van der Waals surface area contributed by atoms with Crippen LogP contribution in [0.15, 0.2) is 84.9 Å². The van der Waals surface area contributed by atoms with Crippen molar-refractivity contribution < 1.29 is 42.2 Å². The first-order valence-electron chi connectivity index (χ1n) is 18.3. The van der Waals surface area contributed by atoms with Crippen molar-refractivity contribution in [1.29, 1.82) is 0 Å². The predicted octanol–water partition coefficient (Wildman–Crippen LogP) is 4.33. The van der Waals surface area contributed by atoms with E-state index < -0.39 is 53.5 Å². The zero-order valence-corrected chi connectivity index (χ0v) is 31.4. The molecule has 1 saturated heterocycles. The van der Waals surface area contributed by atoms with Gasteiger partial charge in [0.15, 0.2) is 0 Å². The average Bonchev–Trinajstić information content (AvgIpc) is 3.16. The molecule has 0 aliphatic carbocycles. The van der Waals surface area contributed by atoms with E-state index in [9.17, 15) is 19.2 Å². The first kappa shape index (κ1) is 42.0. The van der Waals surface area contributed by atoms with Crippen molar-refractivity contribution in [2.75, 3.05) is 39.5 Å². The van der Waals surface area contributed by atoms with Crippen molar-refractivity contribution in [2.24, 2.45) is 11.8 Å². The number of ketones is 1. The number of carbonyl (C=O) groups excluding carboxylic acids is 4. The van der Waals surface area contributed by atoms with E-state index in [-0.39, 0.29) is 32.1 Å². The highest BCUT2D eigenvalue weighted by Gasteiger charge is 2.51.